The summed E-state index contributed by atoms with van der Waals surface area (Å²) in [4.78, 5) is 75.5. The summed E-state index contributed by atoms with van der Waals surface area (Å²) >= 11 is 0. The summed E-state index contributed by atoms with van der Waals surface area (Å²) in [5.41, 5.74) is 3.04. The van der Waals surface area contributed by atoms with Gasteiger partial charge in [0.25, 0.3) is 0 Å². The molecule has 0 bridgehead atoms. The van der Waals surface area contributed by atoms with E-state index in [-0.39, 0.29) is 64.9 Å². The monoisotopic (exact) mass is 1060 g/mol. The number of alkyl carbamates (subject to hydrolysis) is 2. The highest BCUT2D eigenvalue weighted by atomic mass is 19.1. The molecule has 4 N–H and O–H groups in total. The highest BCUT2D eigenvalue weighted by molar-refractivity contribution is 5.88. The quantitative estimate of drug-likeness (QED) is 0.0813. The molecule has 4 amide bonds. The van der Waals surface area contributed by atoms with Crippen LogP contribution in [0.4, 0.5) is 38.5 Å². The SMILES string of the molecule is COC(=O)N[C@H](C(=O)N1CCC[C@H]1c1nc2cc([C@H]3CC[C@H](c4cc5nc([C@@H]6CCCN6C(=O)[C@@H](NC(=O)OC)C(C)C)[nH]c5cc4F)N3c3cc(F)c(N4CCC(c5ccccc5)CC4)c(F)c3)c(F)cc2[nH]1)C(C)C. The van der Waals surface area contributed by atoms with Crippen LogP contribution in [-0.4, -0.2) is 106 Å². The molecular weight excluding hydrogens is 997 g/mol. The van der Waals surface area contributed by atoms with E-state index in [1.807, 2.05) is 45.9 Å². The first-order valence-corrected chi connectivity index (χ1v) is 26.8. The second-order valence-electron chi connectivity index (χ2n) is 21.6. The van der Waals surface area contributed by atoms with E-state index < -0.39 is 71.7 Å². The number of nitrogens with one attached hydrogen (secondary N) is 4. The minimum Gasteiger partial charge on any atom is -0.453 e. The summed E-state index contributed by atoms with van der Waals surface area (Å²) in [7, 11) is 2.46. The predicted molar refractivity (Wildman–Crippen MR) is 282 cm³/mol. The van der Waals surface area contributed by atoms with Gasteiger partial charge in [-0.05, 0) is 111 Å². The summed E-state index contributed by atoms with van der Waals surface area (Å²) in [5, 5.41) is 5.31. The molecule has 20 heteroatoms. The zero-order chi connectivity index (χ0) is 54.4. The molecule has 0 aliphatic carbocycles. The normalized spacial score (nSPS) is 20.9. The van der Waals surface area contributed by atoms with E-state index in [0.29, 0.717) is 98.4 Å². The zero-order valence-electron chi connectivity index (χ0n) is 44.2. The molecule has 6 atom stereocenters. The highest BCUT2D eigenvalue weighted by Crippen LogP contribution is 2.50. The summed E-state index contributed by atoms with van der Waals surface area (Å²) in [6.07, 6.45) is 2.95. The number of carbonyl (C=O) groups excluding carboxylic acids is 4. The standard InChI is InChI=1S/C57H66F4N10O6/c1-30(2)49(66-56(74)76-5)54(72)69-20-10-14-47(69)52-62-41-26-35(37(58)28-43(41)64-52)45-16-17-46(71(45)34-24-39(60)51(40(61)25-34)68-22-18-33(19-23-68)32-12-8-7-9-13-32)36-27-42-44(29-38(36)59)65-53(63-42)48-15-11-21-70(48)55(73)50(31(3)4)67-57(75)77-6/h7-9,12-13,24-31,33,45-50H,10-11,14-23H2,1-6H3,(H,62,64)(H,63,65)(H,66,74)(H,67,75)/t45-,46-,47+,48+,49+,50+/m1/s1. The number of halogens is 4. The summed E-state index contributed by atoms with van der Waals surface area (Å²) < 4.78 is 77.2. The first-order valence-electron chi connectivity index (χ1n) is 26.8. The highest BCUT2D eigenvalue weighted by Gasteiger charge is 2.42. The van der Waals surface area contributed by atoms with Gasteiger partial charge >= 0.3 is 12.2 Å². The van der Waals surface area contributed by atoms with Crippen LogP contribution in [0, 0.1) is 35.1 Å². The molecule has 408 valence electrons. The molecule has 0 saturated carbocycles. The molecule has 77 heavy (non-hydrogen) atoms. The summed E-state index contributed by atoms with van der Waals surface area (Å²) in [6.45, 7) is 8.99. The summed E-state index contributed by atoms with van der Waals surface area (Å²) in [5.74, 6) is -2.80. The van der Waals surface area contributed by atoms with Crippen LogP contribution in [0.5, 0.6) is 0 Å². The molecule has 2 aromatic heterocycles. The Morgan fingerprint density at radius 3 is 1.47 bits per heavy atom. The maximum Gasteiger partial charge on any atom is 0.407 e. The second-order valence-corrected chi connectivity index (χ2v) is 21.6. The number of nitrogens with zero attached hydrogens (tertiary/aromatic N) is 6. The zero-order valence-corrected chi connectivity index (χ0v) is 44.2. The Morgan fingerprint density at radius 2 is 1.04 bits per heavy atom. The molecule has 10 rings (SSSR count). The number of methoxy groups -OCH3 is 2. The van der Waals surface area contributed by atoms with Gasteiger partial charge in [-0.3, -0.25) is 9.59 Å². The number of fused-ring (bicyclic) bond motifs is 2. The van der Waals surface area contributed by atoms with Crippen LogP contribution in [0.25, 0.3) is 22.1 Å². The van der Waals surface area contributed by atoms with Gasteiger partial charge < -0.3 is 49.7 Å². The molecule has 0 radical (unpaired) electrons. The average molecular weight is 1060 g/mol. The number of hydrogen-bond acceptors (Lipinski definition) is 10. The van der Waals surface area contributed by atoms with E-state index in [4.69, 9.17) is 19.4 Å². The van der Waals surface area contributed by atoms with Gasteiger partial charge in [0.2, 0.25) is 11.8 Å². The van der Waals surface area contributed by atoms with Gasteiger partial charge in [0.15, 0.2) is 11.6 Å². The van der Waals surface area contributed by atoms with Gasteiger partial charge in [0, 0.05) is 43.0 Å². The first-order chi connectivity index (χ1) is 37.0. The Kier molecular flexibility index (Phi) is 15.1. The largest absolute Gasteiger partial charge is 0.453 e. The Labute approximate surface area is 444 Å². The van der Waals surface area contributed by atoms with Gasteiger partial charge in [0.1, 0.15) is 41.1 Å². The van der Waals surface area contributed by atoms with Gasteiger partial charge in [-0.25, -0.2) is 37.1 Å². The lowest BCUT2D eigenvalue weighted by Crippen LogP contribution is -2.51. The maximum absolute atomic E-state index is 17.0. The third kappa shape index (κ3) is 10.3. The van der Waals surface area contributed by atoms with Crippen LogP contribution in [0.15, 0.2) is 66.7 Å². The van der Waals surface area contributed by atoms with Crippen molar-refractivity contribution >= 4 is 57.4 Å². The number of imidazole rings is 2. The molecule has 0 spiro atoms. The van der Waals surface area contributed by atoms with E-state index in [0.717, 1.165) is 0 Å². The predicted octanol–water partition coefficient (Wildman–Crippen LogP) is 10.6. The number of likely N-dealkylation sites (tertiary alicyclic amines) is 2. The van der Waals surface area contributed by atoms with Crippen molar-refractivity contribution in [2.75, 3.05) is 50.2 Å². The van der Waals surface area contributed by atoms with Crippen molar-refractivity contribution in [3.63, 3.8) is 0 Å². The molecule has 4 fully saturated rings. The fourth-order valence-electron chi connectivity index (χ4n) is 12.3. The van der Waals surface area contributed by atoms with Crippen molar-refractivity contribution < 1.29 is 46.2 Å². The lowest BCUT2D eigenvalue weighted by atomic mass is 9.89. The molecular formula is C57H66F4N10O6. The van der Waals surface area contributed by atoms with E-state index in [9.17, 15) is 19.2 Å². The maximum atomic E-state index is 17.0. The second kappa shape index (κ2) is 21.9. The number of anilines is 2. The Balaban J connectivity index is 0.994. The van der Waals surface area contributed by atoms with Crippen LogP contribution in [-0.2, 0) is 19.1 Å². The number of amides is 4. The van der Waals surface area contributed by atoms with Crippen molar-refractivity contribution in [2.45, 2.75) is 121 Å². The molecule has 4 aromatic carbocycles. The van der Waals surface area contributed by atoms with Crippen molar-refractivity contribution in [2.24, 2.45) is 11.8 Å². The number of hydrogen-bond donors (Lipinski definition) is 4. The van der Waals surface area contributed by atoms with E-state index in [2.05, 4.69) is 32.7 Å². The summed E-state index contributed by atoms with van der Waals surface area (Å²) in [6, 6.07) is 14.1. The number of rotatable bonds is 13. The van der Waals surface area contributed by atoms with Crippen LogP contribution < -0.4 is 20.4 Å². The fourth-order valence-corrected chi connectivity index (χ4v) is 12.3. The van der Waals surface area contributed by atoms with Gasteiger partial charge in [-0.1, -0.05) is 58.0 Å². The Morgan fingerprint density at radius 1 is 0.584 bits per heavy atom. The molecule has 6 heterocycles. The molecule has 4 aliphatic rings. The Hall–Kier alpha value is -7.38. The molecule has 4 aliphatic heterocycles. The first kappa shape index (κ1) is 53.0. The van der Waals surface area contributed by atoms with E-state index in [1.54, 1.807) is 31.7 Å². The molecule has 0 unspecified atom stereocenters. The smallest absolute Gasteiger partial charge is 0.407 e. The fraction of sp³-hybridized carbons (Fsp3) is 0.474. The number of aromatic amines is 2. The number of carbonyl (C=O) groups is 4. The topological polar surface area (TPSA) is 181 Å². The molecule has 16 nitrogen and oxygen atoms in total. The third-order valence-corrected chi connectivity index (χ3v) is 16.2. The average Bonchev–Trinajstić information content (AvgIpc) is 4.31. The van der Waals surface area contributed by atoms with Crippen LogP contribution in [0.2, 0.25) is 0 Å². The van der Waals surface area contributed by atoms with Crippen molar-refractivity contribution in [3.05, 3.63) is 118 Å². The number of aromatic nitrogens is 4. The molecule has 4 saturated heterocycles. The van der Waals surface area contributed by atoms with Crippen LogP contribution >= 0.6 is 0 Å². The van der Waals surface area contributed by atoms with Gasteiger partial charge in [-0.2, -0.15) is 0 Å². The minimum absolute atomic E-state index is 0.0978. The number of benzene rings is 4. The lowest BCUT2D eigenvalue weighted by molar-refractivity contribution is -0.136. The van der Waals surface area contributed by atoms with Gasteiger partial charge in [-0.15, -0.1) is 0 Å². The van der Waals surface area contributed by atoms with Crippen molar-refractivity contribution in [3.8, 4) is 0 Å². The third-order valence-electron chi connectivity index (χ3n) is 16.2. The van der Waals surface area contributed by atoms with Gasteiger partial charge in [0.05, 0.1) is 60.5 Å². The lowest BCUT2D eigenvalue weighted by Gasteiger charge is -2.36. The van der Waals surface area contributed by atoms with E-state index in [1.165, 1.54) is 44.0 Å². The number of piperidine rings is 1. The molecule has 6 aromatic rings. The van der Waals surface area contributed by atoms with Crippen molar-refractivity contribution in [1.82, 2.24) is 40.4 Å². The number of ether oxygens (including phenoxy) is 2. The van der Waals surface area contributed by atoms with Crippen molar-refractivity contribution in [1.29, 1.82) is 0 Å². The van der Waals surface area contributed by atoms with Crippen LogP contribution in [0.1, 0.15) is 137 Å². The van der Waals surface area contributed by atoms with Crippen LogP contribution in [0.3, 0.4) is 0 Å². The van der Waals surface area contributed by atoms with E-state index >= 15 is 17.6 Å². The Bertz CT molecular complexity index is 3000. The number of H-pyrrole nitrogens is 2. The minimum atomic E-state index is -0.858.